The van der Waals surface area contributed by atoms with Crippen molar-refractivity contribution in [3.63, 3.8) is 0 Å². The molecule has 0 atom stereocenters. The zero-order chi connectivity index (χ0) is 15.9. The number of anilines is 1. The molecule has 7 nitrogen and oxygen atoms in total. The summed E-state index contributed by atoms with van der Waals surface area (Å²) in [5.74, 6) is 0.944. The van der Waals surface area contributed by atoms with Gasteiger partial charge in [-0.3, -0.25) is 9.78 Å². The summed E-state index contributed by atoms with van der Waals surface area (Å²) in [5, 5.41) is 9.61. The first-order valence-electron chi connectivity index (χ1n) is 7.13. The lowest BCUT2D eigenvalue weighted by Crippen LogP contribution is -2.29. The van der Waals surface area contributed by atoms with Crippen molar-refractivity contribution in [3.05, 3.63) is 60.7 Å². The summed E-state index contributed by atoms with van der Waals surface area (Å²) in [6.07, 6.45) is 4.81. The van der Waals surface area contributed by atoms with Crippen molar-refractivity contribution in [1.82, 2.24) is 20.4 Å². The number of aromatic nitrogens is 3. The minimum atomic E-state index is -0.281. The van der Waals surface area contributed by atoms with Crippen LogP contribution in [0.25, 0.3) is 11.3 Å². The number of amides is 1. The molecule has 0 fully saturated rings. The molecule has 23 heavy (non-hydrogen) atoms. The van der Waals surface area contributed by atoms with E-state index in [1.54, 1.807) is 24.7 Å². The summed E-state index contributed by atoms with van der Waals surface area (Å²) >= 11 is 0. The van der Waals surface area contributed by atoms with Crippen molar-refractivity contribution in [2.75, 3.05) is 18.4 Å². The van der Waals surface area contributed by atoms with Crippen molar-refractivity contribution < 1.29 is 9.32 Å². The van der Waals surface area contributed by atoms with E-state index in [0.717, 1.165) is 5.56 Å². The Labute approximate surface area is 132 Å². The molecule has 7 heteroatoms. The van der Waals surface area contributed by atoms with Crippen molar-refractivity contribution >= 4 is 11.7 Å². The smallest absolute Gasteiger partial charge is 0.273 e. The number of carbonyl (C=O) groups is 1. The summed E-state index contributed by atoms with van der Waals surface area (Å²) in [7, 11) is 0. The minimum absolute atomic E-state index is 0.253. The van der Waals surface area contributed by atoms with Gasteiger partial charge in [0.2, 0.25) is 0 Å². The van der Waals surface area contributed by atoms with E-state index in [1.807, 2.05) is 30.3 Å². The van der Waals surface area contributed by atoms with E-state index in [4.69, 9.17) is 4.52 Å². The highest BCUT2D eigenvalue weighted by atomic mass is 16.5. The van der Waals surface area contributed by atoms with Crippen LogP contribution in [-0.2, 0) is 0 Å². The molecule has 0 aliphatic carbocycles. The average molecular weight is 309 g/mol. The average Bonchev–Trinajstić information content (AvgIpc) is 3.10. The zero-order valence-corrected chi connectivity index (χ0v) is 12.3. The van der Waals surface area contributed by atoms with Crippen molar-refractivity contribution in [2.45, 2.75) is 0 Å². The molecular formula is C16H15N5O2. The van der Waals surface area contributed by atoms with Crippen LogP contribution in [0.2, 0.25) is 0 Å². The Morgan fingerprint density at radius 2 is 2.00 bits per heavy atom. The van der Waals surface area contributed by atoms with E-state index in [1.165, 1.54) is 0 Å². The minimum Gasteiger partial charge on any atom is -0.367 e. The van der Waals surface area contributed by atoms with E-state index in [0.29, 0.717) is 24.7 Å². The third-order valence-corrected chi connectivity index (χ3v) is 3.08. The third kappa shape index (κ3) is 3.91. The van der Waals surface area contributed by atoms with E-state index >= 15 is 0 Å². The molecular weight excluding hydrogens is 294 g/mol. The van der Waals surface area contributed by atoms with Crippen LogP contribution in [0.1, 0.15) is 10.5 Å². The quantitative estimate of drug-likeness (QED) is 0.676. The van der Waals surface area contributed by atoms with Crippen LogP contribution in [0.4, 0.5) is 5.82 Å². The number of nitrogens with zero attached hydrogens (tertiary/aromatic N) is 3. The van der Waals surface area contributed by atoms with Crippen LogP contribution in [0.5, 0.6) is 0 Å². The number of rotatable bonds is 6. The largest absolute Gasteiger partial charge is 0.367 e. The molecule has 0 bridgehead atoms. The lowest BCUT2D eigenvalue weighted by Gasteiger charge is -2.05. The second-order valence-corrected chi connectivity index (χ2v) is 4.72. The number of benzene rings is 1. The van der Waals surface area contributed by atoms with Gasteiger partial charge >= 0.3 is 0 Å². The Hall–Kier alpha value is -3.22. The van der Waals surface area contributed by atoms with Gasteiger partial charge in [-0.25, -0.2) is 4.98 Å². The SMILES string of the molecule is O=C(NCCNc1cnccn1)c1cc(-c2ccccc2)on1. The first-order valence-corrected chi connectivity index (χ1v) is 7.13. The predicted molar refractivity (Wildman–Crippen MR) is 84.8 cm³/mol. The van der Waals surface area contributed by atoms with Crippen molar-refractivity contribution in [3.8, 4) is 11.3 Å². The van der Waals surface area contributed by atoms with Gasteiger partial charge in [0.1, 0.15) is 5.82 Å². The Kier molecular flexibility index (Phi) is 4.58. The summed E-state index contributed by atoms with van der Waals surface area (Å²) in [4.78, 5) is 20.0. The van der Waals surface area contributed by atoms with Crippen LogP contribution in [0.15, 0.2) is 59.5 Å². The van der Waals surface area contributed by atoms with Gasteiger partial charge < -0.3 is 15.2 Å². The highest BCUT2D eigenvalue weighted by Gasteiger charge is 2.12. The monoisotopic (exact) mass is 309 g/mol. The zero-order valence-electron chi connectivity index (χ0n) is 12.3. The lowest BCUT2D eigenvalue weighted by atomic mass is 10.1. The van der Waals surface area contributed by atoms with Crippen molar-refractivity contribution in [1.29, 1.82) is 0 Å². The third-order valence-electron chi connectivity index (χ3n) is 3.08. The van der Waals surface area contributed by atoms with Gasteiger partial charge in [-0.1, -0.05) is 35.5 Å². The molecule has 0 radical (unpaired) electrons. The van der Waals surface area contributed by atoms with Crippen LogP contribution < -0.4 is 10.6 Å². The number of hydrogen-bond donors (Lipinski definition) is 2. The molecule has 0 spiro atoms. The highest BCUT2D eigenvalue weighted by Crippen LogP contribution is 2.19. The van der Waals surface area contributed by atoms with Crippen molar-refractivity contribution in [2.24, 2.45) is 0 Å². The van der Waals surface area contributed by atoms with Crippen LogP contribution in [0.3, 0.4) is 0 Å². The van der Waals surface area contributed by atoms with Crippen LogP contribution in [0, 0.1) is 0 Å². The predicted octanol–water partition coefficient (Wildman–Crippen LogP) is 1.97. The van der Waals surface area contributed by atoms with E-state index < -0.39 is 0 Å². The molecule has 2 heterocycles. The summed E-state index contributed by atoms with van der Waals surface area (Å²) in [6.45, 7) is 0.969. The normalized spacial score (nSPS) is 10.3. The van der Waals surface area contributed by atoms with Gasteiger partial charge in [0, 0.05) is 37.1 Å². The van der Waals surface area contributed by atoms with Gasteiger partial charge in [0.25, 0.3) is 5.91 Å². The molecule has 3 aromatic rings. The fraction of sp³-hybridized carbons (Fsp3) is 0.125. The van der Waals surface area contributed by atoms with E-state index in [-0.39, 0.29) is 11.6 Å². The molecule has 0 saturated heterocycles. The molecule has 0 unspecified atom stereocenters. The Morgan fingerprint density at radius 1 is 1.13 bits per heavy atom. The molecule has 0 aliphatic rings. The maximum atomic E-state index is 12.0. The fourth-order valence-electron chi connectivity index (χ4n) is 1.97. The van der Waals surface area contributed by atoms with Crippen LogP contribution in [-0.4, -0.2) is 34.1 Å². The maximum absolute atomic E-state index is 12.0. The van der Waals surface area contributed by atoms with Crippen LogP contribution >= 0.6 is 0 Å². The molecule has 0 saturated carbocycles. The second kappa shape index (κ2) is 7.17. The lowest BCUT2D eigenvalue weighted by molar-refractivity contribution is 0.0946. The molecule has 1 amide bonds. The first kappa shape index (κ1) is 14.7. The Balaban J connectivity index is 1.50. The molecule has 3 rings (SSSR count). The van der Waals surface area contributed by atoms with Gasteiger partial charge in [0.15, 0.2) is 11.5 Å². The summed E-state index contributed by atoms with van der Waals surface area (Å²) in [5.41, 5.74) is 1.13. The van der Waals surface area contributed by atoms with Gasteiger partial charge in [0.05, 0.1) is 6.20 Å². The molecule has 2 N–H and O–H groups in total. The Bertz CT molecular complexity index is 758. The molecule has 2 aromatic heterocycles. The number of nitrogens with one attached hydrogen (secondary N) is 2. The molecule has 1 aromatic carbocycles. The molecule has 116 valence electrons. The first-order chi connectivity index (χ1) is 11.3. The highest BCUT2D eigenvalue weighted by molar-refractivity contribution is 5.93. The number of hydrogen-bond acceptors (Lipinski definition) is 6. The van der Waals surface area contributed by atoms with Gasteiger partial charge in [-0.15, -0.1) is 0 Å². The topological polar surface area (TPSA) is 92.9 Å². The Morgan fingerprint density at radius 3 is 2.78 bits per heavy atom. The van der Waals surface area contributed by atoms with E-state index in [9.17, 15) is 4.79 Å². The van der Waals surface area contributed by atoms with E-state index in [2.05, 4.69) is 25.8 Å². The summed E-state index contributed by atoms with van der Waals surface area (Å²) in [6, 6.07) is 11.1. The second-order valence-electron chi connectivity index (χ2n) is 4.72. The number of carbonyl (C=O) groups excluding carboxylic acids is 1. The summed E-state index contributed by atoms with van der Waals surface area (Å²) < 4.78 is 5.20. The standard InChI is InChI=1S/C16H15N5O2/c22-16(20-9-8-19-15-11-17-6-7-18-15)13-10-14(23-21-13)12-4-2-1-3-5-12/h1-7,10-11H,8-9H2,(H,18,19)(H,20,22). The van der Waals surface area contributed by atoms with Gasteiger partial charge in [-0.05, 0) is 0 Å². The molecule has 0 aliphatic heterocycles. The fourth-order valence-corrected chi connectivity index (χ4v) is 1.97. The maximum Gasteiger partial charge on any atom is 0.273 e. The van der Waals surface area contributed by atoms with Gasteiger partial charge in [-0.2, -0.15) is 0 Å².